The standard InChI is InChI=1S/C29H22N2O3/c1-20-11-13-21(14-12-20)19-30-26-10-6-5-9-25(26)29(32)27(28(30)23-7-3-2-4-8-23)22-15-17-24(18-16-22)31(33)34/h2-18H,19H2,1H3. The minimum absolute atomic E-state index is 0.00854. The van der Waals surface area contributed by atoms with Gasteiger partial charge in [0.15, 0.2) is 5.43 Å². The van der Waals surface area contributed by atoms with Gasteiger partial charge < -0.3 is 4.57 Å². The number of para-hydroxylation sites is 1. The largest absolute Gasteiger partial charge is 0.335 e. The lowest BCUT2D eigenvalue weighted by molar-refractivity contribution is -0.384. The number of non-ortho nitro benzene ring substituents is 1. The molecule has 0 N–H and O–H groups in total. The van der Waals surface area contributed by atoms with Crippen LogP contribution in [0.25, 0.3) is 33.3 Å². The van der Waals surface area contributed by atoms with Crippen LogP contribution in [0.4, 0.5) is 5.69 Å². The molecular weight excluding hydrogens is 424 g/mol. The minimum Gasteiger partial charge on any atom is -0.335 e. The molecule has 1 heterocycles. The lowest BCUT2D eigenvalue weighted by Crippen LogP contribution is -2.16. The molecule has 0 bridgehead atoms. The fraction of sp³-hybridized carbons (Fsp3) is 0.0690. The number of aromatic nitrogens is 1. The van der Waals surface area contributed by atoms with Gasteiger partial charge in [0.2, 0.25) is 0 Å². The molecule has 166 valence electrons. The summed E-state index contributed by atoms with van der Waals surface area (Å²) in [5, 5.41) is 11.8. The van der Waals surface area contributed by atoms with E-state index in [1.54, 1.807) is 12.1 Å². The molecule has 0 amide bonds. The second kappa shape index (κ2) is 8.79. The van der Waals surface area contributed by atoms with Gasteiger partial charge in [-0.3, -0.25) is 14.9 Å². The number of aryl methyl sites for hydroxylation is 1. The third-order valence-electron chi connectivity index (χ3n) is 6.05. The normalized spacial score (nSPS) is 11.0. The van der Waals surface area contributed by atoms with E-state index >= 15 is 0 Å². The molecule has 0 aliphatic rings. The summed E-state index contributed by atoms with van der Waals surface area (Å²) in [6.45, 7) is 2.63. The number of nitro benzene ring substituents is 1. The summed E-state index contributed by atoms with van der Waals surface area (Å²) in [7, 11) is 0. The first-order chi connectivity index (χ1) is 16.5. The molecule has 0 radical (unpaired) electrons. The lowest BCUT2D eigenvalue weighted by atomic mass is 9.95. The van der Waals surface area contributed by atoms with Crippen molar-refractivity contribution in [3.05, 3.63) is 135 Å². The van der Waals surface area contributed by atoms with E-state index in [1.807, 2.05) is 54.6 Å². The summed E-state index contributed by atoms with van der Waals surface area (Å²) >= 11 is 0. The maximum absolute atomic E-state index is 13.8. The number of pyridine rings is 1. The highest BCUT2D eigenvalue weighted by Gasteiger charge is 2.20. The molecule has 5 rings (SSSR count). The first-order valence-corrected chi connectivity index (χ1v) is 11.0. The quantitative estimate of drug-likeness (QED) is 0.226. The number of nitro groups is 1. The van der Waals surface area contributed by atoms with Crippen molar-refractivity contribution in [2.24, 2.45) is 0 Å². The highest BCUT2D eigenvalue weighted by Crippen LogP contribution is 2.34. The zero-order valence-corrected chi connectivity index (χ0v) is 18.6. The van der Waals surface area contributed by atoms with Gasteiger partial charge in [-0.15, -0.1) is 0 Å². The second-order valence-corrected chi connectivity index (χ2v) is 8.31. The Hall–Kier alpha value is -4.51. The third kappa shape index (κ3) is 3.88. The summed E-state index contributed by atoms with van der Waals surface area (Å²) in [4.78, 5) is 24.6. The number of hydrogen-bond acceptors (Lipinski definition) is 3. The zero-order chi connectivity index (χ0) is 23.7. The zero-order valence-electron chi connectivity index (χ0n) is 18.6. The summed E-state index contributed by atoms with van der Waals surface area (Å²) in [5.74, 6) is 0. The van der Waals surface area contributed by atoms with Crippen LogP contribution in [-0.2, 0) is 6.54 Å². The van der Waals surface area contributed by atoms with Crippen LogP contribution in [0.2, 0.25) is 0 Å². The van der Waals surface area contributed by atoms with Crippen LogP contribution in [0.3, 0.4) is 0 Å². The number of benzene rings is 4. The van der Waals surface area contributed by atoms with E-state index in [2.05, 4.69) is 35.8 Å². The van der Waals surface area contributed by atoms with E-state index in [1.165, 1.54) is 17.7 Å². The Balaban J connectivity index is 1.86. The molecule has 0 aliphatic heterocycles. The van der Waals surface area contributed by atoms with Crippen molar-refractivity contribution in [2.75, 3.05) is 0 Å². The Morgan fingerprint density at radius 2 is 1.41 bits per heavy atom. The highest BCUT2D eigenvalue weighted by atomic mass is 16.6. The van der Waals surface area contributed by atoms with E-state index in [9.17, 15) is 14.9 Å². The predicted octanol–water partition coefficient (Wildman–Crippen LogP) is 6.60. The van der Waals surface area contributed by atoms with Crippen LogP contribution in [0.5, 0.6) is 0 Å². The van der Waals surface area contributed by atoms with Gasteiger partial charge in [0.25, 0.3) is 5.69 Å². The monoisotopic (exact) mass is 446 g/mol. The van der Waals surface area contributed by atoms with E-state index in [-0.39, 0.29) is 11.1 Å². The molecule has 0 spiro atoms. The molecule has 5 aromatic rings. The molecule has 0 saturated carbocycles. The van der Waals surface area contributed by atoms with E-state index in [0.29, 0.717) is 23.1 Å². The number of rotatable bonds is 5. The number of hydrogen-bond donors (Lipinski definition) is 0. The summed E-state index contributed by atoms with van der Waals surface area (Å²) in [5.41, 5.74) is 5.93. The van der Waals surface area contributed by atoms with Gasteiger partial charge in [-0.2, -0.15) is 0 Å². The molecule has 34 heavy (non-hydrogen) atoms. The van der Waals surface area contributed by atoms with Crippen molar-refractivity contribution >= 4 is 16.6 Å². The molecule has 1 aromatic heterocycles. The van der Waals surface area contributed by atoms with Crippen molar-refractivity contribution in [1.82, 2.24) is 4.57 Å². The molecule has 5 nitrogen and oxygen atoms in total. The topological polar surface area (TPSA) is 65.1 Å². The predicted molar refractivity (Wildman–Crippen MR) is 136 cm³/mol. The Labute approximate surface area is 196 Å². The smallest absolute Gasteiger partial charge is 0.269 e. The third-order valence-corrected chi connectivity index (χ3v) is 6.05. The van der Waals surface area contributed by atoms with Gasteiger partial charge in [0.05, 0.1) is 21.7 Å². The van der Waals surface area contributed by atoms with Crippen LogP contribution in [-0.4, -0.2) is 9.49 Å². The summed E-state index contributed by atoms with van der Waals surface area (Å²) < 4.78 is 2.17. The van der Waals surface area contributed by atoms with Crippen molar-refractivity contribution in [3.8, 4) is 22.4 Å². The summed E-state index contributed by atoms with van der Waals surface area (Å²) in [6.07, 6.45) is 0. The van der Waals surface area contributed by atoms with Crippen LogP contribution in [0.1, 0.15) is 11.1 Å². The van der Waals surface area contributed by atoms with Crippen molar-refractivity contribution in [1.29, 1.82) is 0 Å². The molecule has 0 unspecified atom stereocenters. The van der Waals surface area contributed by atoms with E-state index in [4.69, 9.17) is 0 Å². The van der Waals surface area contributed by atoms with Crippen molar-refractivity contribution in [3.63, 3.8) is 0 Å². The van der Waals surface area contributed by atoms with Gasteiger partial charge in [0, 0.05) is 24.1 Å². The lowest BCUT2D eigenvalue weighted by Gasteiger charge is -2.21. The maximum Gasteiger partial charge on any atom is 0.269 e. The van der Waals surface area contributed by atoms with Crippen molar-refractivity contribution < 1.29 is 4.92 Å². The minimum atomic E-state index is -0.433. The Morgan fingerprint density at radius 1 is 0.765 bits per heavy atom. The fourth-order valence-electron chi connectivity index (χ4n) is 4.35. The van der Waals surface area contributed by atoms with Gasteiger partial charge in [-0.25, -0.2) is 0 Å². The van der Waals surface area contributed by atoms with Gasteiger partial charge in [-0.05, 0) is 47.9 Å². The molecule has 0 atom stereocenters. The van der Waals surface area contributed by atoms with Crippen LogP contribution in [0, 0.1) is 17.0 Å². The molecule has 0 saturated heterocycles. The Kier molecular flexibility index (Phi) is 5.52. The highest BCUT2D eigenvalue weighted by molar-refractivity contribution is 5.92. The first kappa shape index (κ1) is 21.3. The van der Waals surface area contributed by atoms with Gasteiger partial charge >= 0.3 is 0 Å². The van der Waals surface area contributed by atoms with Crippen LogP contribution in [0.15, 0.2) is 108 Å². The molecular formula is C29H22N2O3. The molecule has 5 heteroatoms. The Morgan fingerprint density at radius 3 is 2.09 bits per heavy atom. The molecule has 4 aromatic carbocycles. The van der Waals surface area contributed by atoms with E-state index in [0.717, 1.165) is 22.3 Å². The Bertz CT molecular complexity index is 1550. The second-order valence-electron chi connectivity index (χ2n) is 8.31. The average molecular weight is 447 g/mol. The fourth-order valence-corrected chi connectivity index (χ4v) is 4.35. The van der Waals surface area contributed by atoms with E-state index < -0.39 is 4.92 Å². The van der Waals surface area contributed by atoms with Crippen molar-refractivity contribution in [2.45, 2.75) is 13.5 Å². The average Bonchev–Trinajstić information content (AvgIpc) is 2.87. The van der Waals surface area contributed by atoms with Crippen LogP contribution < -0.4 is 5.43 Å². The SMILES string of the molecule is Cc1ccc(Cn2c(-c3ccccc3)c(-c3ccc([N+](=O)[O-])cc3)c(=O)c3ccccc32)cc1. The van der Waals surface area contributed by atoms with Crippen LogP contribution >= 0.6 is 0 Å². The molecule has 0 fully saturated rings. The number of nitrogens with zero attached hydrogens (tertiary/aromatic N) is 2. The number of fused-ring (bicyclic) bond motifs is 1. The molecule has 0 aliphatic carbocycles. The summed E-state index contributed by atoms with van der Waals surface area (Å²) in [6, 6.07) is 32.0. The maximum atomic E-state index is 13.8. The van der Waals surface area contributed by atoms with Gasteiger partial charge in [0.1, 0.15) is 0 Å². The first-order valence-electron chi connectivity index (χ1n) is 11.0. The van der Waals surface area contributed by atoms with Gasteiger partial charge in [-0.1, -0.05) is 72.3 Å².